The predicted molar refractivity (Wildman–Crippen MR) is 80.3 cm³/mol. The van der Waals surface area contributed by atoms with Crippen molar-refractivity contribution in [2.75, 3.05) is 0 Å². The van der Waals surface area contributed by atoms with Gasteiger partial charge in [0.1, 0.15) is 11.9 Å². The van der Waals surface area contributed by atoms with Gasteiger partial charge in [-0.1, -0.05) is 43.9 Å². The molecule has 0 aromatic carbocycles. The molecule has 0 radical (unpaired) electrons. The van der Waals surface area contributed by atoms with Gasteiger partial charge in [-0.3, -0.25) is 4.79 Å². The van der Waals surface area contributed by atoms with E-state index in [4.69, 9.17) is 0 Å². The zero-order chi connectivity index (χ0) is 14.8. The van der Waals surface area contributed by atoms with Crippen molar-refractivity contribution in [2.24, 2.45) is 23.7 Å². The number of rotatable bonds is 2. The van der Waals surface area contributed by atoms with Crippen LogP contribution in [0.15, 0.2) is 0 Å². The molecule has 0 aromatic rings. The lowest BCUT2D eigenvalue weighted by atomic mass is 9.59. The molecule has 3 fully saturated rings. The lowest BCUT2D eigenvalue weighted by molar-refractivity contribution is -0.141. The Kier molecular flexibility index (Phi) is 4.66. The summed E-state index contributed by atoms with van der Waals surface area (Å²) in [6.07, 6.45) is 8.12. The molecular formula is C18H26O3. The Balaban J connectivity index is 1.56. The summed E-state index contributed by atoms with van der Waals surface area (Å²) in [5.74, 6) is 7.27. The highest BCUT2D eigenvalue weighted by Gasteiger charge is 2.48. The first-order valence-electron chi connectivity index (χ1n) is 8.55. The smallest absolute Gasteiger partial charge is 0.136 e. The molecular weight excluding hydrogens is 264 g/mol. The molecule has 0 heterocycles. The second kappa shape index (κ2) is 6.50. The first kappa shape index (κ1) is 15.1. The van der Waals surface area contributed by atoms with Crippen LogP contribution in [-0.2, 0) is 4.79 Å². The molecule has 21 heavy (non-hydrogen) atoms. The summed E-state index contributed by atoms with van der Waals surface area (Å²) < 4.78 is 0. The summed E-state index contributed by atoms with van der Waals surface area (Å²) in [5, 5.41) is 20.2. The Morgan fingerprint density at radius 3 is 2.62 bits per heavy atom. The third kappa shape index (κ3) is 3.33. The van der Waals surface area contributed by atoms with Crippen LogP contribution >= 0.6 is 0 Å². The van der Waals surface area contributed by atoms with Crippen LogP contribution in [-0.4, -0.2) is 28.2 Å². The quantitative estimate of drug-likeness (QED) is 0.767. The summed E-state index contributed by atoms with van der Waals surface area (Å²) in [6, 6.07) is 0. The zero-order valence-corrected chi connectivity index (χ0v) is 12.6. The van der Waals surface area contributed by atoms with Crippen LogP contribution in [0.25, 0.3) is 0 Å². The first-order chi connectivity index (χ1) is 10.1. The van der Waals surface area contributed by atoms with Gasteiger partial charge in [-0.15, -0.1) is 0 Å². The number of aliphatic hydroxyl groups is 2. The number of hydrogen-bond acceptors (Lipinski definition) is 3. The summed E-state index contributed by atoms with van der Waals surface area (Å²) >= 11 is 0. The van der Waals surface area contributed by atoms with Crippen molar-refractivity contribution in [1.29, 1.82) is 0 Å². The summed E-state index contributed by atoms with van der Waals surface area (Å²) in [5.41, 5.74) is 0. The van der Waals surface area contributed by atoms with E-state index in [1.54, 1.807) is 0 Å². The molecule has 3 nitrogen and oxygen atoms in total. The highest BCUT2D eigenvalue weighted by Crippen LogP contribution is 2.45. The SMILES string of the molecule is O=C1C[C@H]2[C@H](C#C[C@@H](O)CC3CCCCC3)[C@@H](O)CC[C@@H]12. The summed E-state index contributed by atoms with van der Waals surface area (Å²) in [7, 11) is 0. The number of ketones is 1. The average molecular weight is 290 g/mol. The maximum atomic E-state index is 11.5. The Bertz CT molecular complexity index is 441. The fourth-order valence-electron chi connectivity index (χ4n) is 4.36. The monoisotopic (exact) mass is 290 g/mol. The van der Waals surface area contributed by atoms with Gasteiger partial charge in [-0.2, -0.15) is 0 Å². The molecule has 0 aliphatic heterocycles. The number of aliphatic hydroxyl groups excluding tert-OH is 2. The van der Waals surface area contributed by atoms with Gasteiger partial charge in [0.05, 0.1) is 12.0 Å². The van der Waals surface area contributed by atoms with Gasteiger partial charge < -0.3 is 10.2 Å². The standard InChI is InChI=1S/C18H26O3/c19-13(10-12-4-2-1-3-5-12)6-7-14-16-11-18(21)15(16)8-9-17(14)20/h12-17,19-20H,1-5,8-11H2/t13-,14+,15-,16+,17+/m1/s1. The topological polar surface area (TPSA) is 57.5 Å². The van der Waals surface area contributed by atoms with Gasteiger partial charge in [0, 0.05) is 12.3 Å². The van der Waals surface area contributed by atoms with E-state index < -0.39 is 12.2 Å². The minimum atomic E-state index is -0.573. The van der Waals surface area contributed by atoms with Crippen LogP contribution < -0.4 is 0 Å². The zero-order valence-electron chi connectivity index (χ0n) is 12.6. The predicted octanol–water partition coefficient (Wildman–Crippen LogP) is 2.30. The normalized spacial score (nSPS) is 37.9. The van der Waals surface area contributed by atoms with E-state index in [1.165, 1.54) is 32.1 Å². The second-order valence-electron chi connectivity index (χ2n) is 7.16. The molecule has 3 rings (SSSR count). The molecule has 0 saturated heterocycles. The molecule has 3 aliphatic rings. The Labute approximate surface area is 127 Å². The summed E-state index contributed by atoms with van der Waals surface area (Å²) in [6.45, 7) is 0. The molecule has 0 unspecified atom stereocenters. The van der Waals surface area contributed by atoms with E-state index in [-0.39, 0.29) is 17.8 Å². The molecule has 2 N–H and O–H groups in total. The minimum Gasteiger partial charge on any atom is -0.392 e. The van der Waals surface area contributed by atoms with Gasteiger partial charge in [0.25, 0.3) is 0 Å². The number of fused-ring (bicyclic) bond motifs is 1. The van der Waals surface area contributed by atoms with Crippen molar-refractivity contribution < 1.29 is 15.0 Å². The van der Waals surface area contributed by atoms with Gasteiger partial charge >= 0.3 is 0 Å². The molecule has 0 amide bonds. The van der Waals surface area contributed by atoms with E-state index in [9.17, 15) is 15.0 Å². The first-order valence-corrected chi connectivity index (χ1v) is 8.55. The molecule has 3 saturated carbocycles. The molecule has 3 heteroatoms. The van der Waals surface area contributed by atoms with Gasteiger partial charge in [0.15, 0.2) is 0 Å². The Morgan fingerprint density at radius 1 is 1.14 bits per heavy atom. The lowest BCUT2D eigenvalue weighted by Gasteiger charge is -2.44. The van der Waals surface area contributed by atoms with Crippen LogP contribution in [0.3, 0.4) is 0 Å². The number of hydrogen-bond donors (Lipinski definition) is 2. The average Bonchev–Trinajstić information content (AvgIpc) is 2.46. The number of carbonyl (C=O) groups excluding carboxylic acids is 1. The van der Waals surface area contributed by atoms with Crippen LogP contribution in [0.4, 0.5) is 0 Å². The maximum Gasteiger partial charge on any atom is 0.136 e. The van der Waals surface area contributed by atoms with Crippen LogP contribution in [0, 0.1) is 35.5 Å². The third-order valence-electron chi connectivity index (χ3n) is 5.71. The molecule has 116 valence electrons. The van der Waals surface area contributed by atoms with E-state index in [2.05, 4.69) is 11.8 Å². The lowest BCUT2D eigenvalue weighted by Crippen LogP contribution is -2.49. The van der Waals surface area contributed by atoms with Crippen molar-refractivity contribution in [3.05, 3.63) is 0 Å². The second-order valence-corrected chi connectivity index (χ2v) is 7.16. The van der Waals surface area contributed by atoms with Gasteiger partial charge in [-0.05, 0) is 31.1 Å². The van der Waals surface area contributed by atoms with Crippen molar-refractivity contribution >= 4 is 5.78 Å². The number of Topliss-reactive ketones (excluding diaryl/α,β-unsaturated/α-hetero) is 1. The third-order valence-corrected chi connectivity index (χ3v) is 5.71. The Hall–Kier alpha value is -0.850. The Morgan fingerprint density at radius 2 is 1.90 bits per heavy atom. The fourth-order valence-corrected chi connectivity index (χ4v) is 4.36. The largest absolute Gasteiger partial charge is 0.392 e. The van der Waals surface area contributed by atoms with Gasteiger partial charge in [0.2, 0.25) is 0 Å². The molecule has 0 bridgehead atoms. The fraction of sp³-hybridized carbons (Fsp3) is 0.833. The maximum absolute atomic E-state index is 11.5. The molecule has 5 atom stereocenters. The van der Waals surface area contributed by atoms with Crippen LogP contribution in [0.5, 0.6) is 0 Å². The molecule has 0 spiro atoms. The minimum absolute atomic E-state index is 0.109. The highest BCUT2D eigenvalue weighted by molar-refractivity contribution is 5.87. The van der Waals surface area contributed by atoms with Crippen molar-refractivity contribution in [3.63, 3.8) is 0 Å². The molecule has 0 aromatic heterocycles. The van der Waals surface area contributed by atoms with Crippen molar-refractivity contribution in [2.45, 2.75) is 70.0 Å². The summed E-state index contributed by atoms with van der Waals surface area (Å²) in [4.78, 5) is 11.5. The van der Waals surface area contributed by atoms with Crippen LogP contribution in [0.2, 0.25) is 0 Å². The van der Waals surface area contributed by atoms with E-state index in [1.807, 2.05) is 0 Å². The van der Waals surface area contributed by atoms with E-state index in [0.29, 0.717) is 24.5 Å². The molecule has 3 aliphatic carbocycles. The van der Waals surface area contributed by atoms with Crippen molar-refractivity contribution in [3.8, 4) is 11.8 Å². The highest BCUT2D eigenvalue weighted by atomic mass is 16.3. The van der Waals surface area contributed by atoms with E-state index in [0.717, 1.165) is 12.8 Å². The number of carbonyl (C=O) groups is 1. The van der Waals surface area contributed by atoms with E-state index >= 15 is 0 Å². The van der Waals surface area contributed by atoms with Crippen LogP contribution in [0.1, 0.15) is 57.8 Å². The van der Waals surface area contributed by atoms with Gasteiger partial charge in [-0.25, -0.2) is 0 Å². The van der Waals surface area contributed by atoms with Crippen molar-refractivity contribution in [1.82, 2.24) is 0 Å².